The van der Waals surface area contributed by atoms with Crippen LogP contribution in [-0.2, 0) is 6.61 Å². The van der Waals surface area contributed by atoms with Crippen LogP contribution in [0.5, 0.6) is 11.5 Å². The fourth-order valence-corrected chi connectivity index (χ4v) is 1.87. The van der Waals surface area contributed by atoms with Gasteiger partial charge in [-0.15, -0.1) is 0 Å². The van der Waals surface area contributed by atoms with Gasteiger partial charge in [-0.05, 0) is 24.6 Å². The third kappa shape index (κ3) is 3.06. The minimum absolute atomic E-state index is 0.0224. The molecule has 0 saturated carbocycles. The molecule has 104 valence electrons. The maximum atomic E-state index is 10.8. The zero-order valence-electron chi connectivity index (χ0n) is 11.3. The molecule has 0 unspecified atom stereocenters. The van der Waals surface area contributed by atoms with Gasteiger partial charge in [0.1, 0.15) is 18.1 Å². The lowest BCUT2D eigenvalue weighted by Crippen LogP contribution is -2.01. The second kappa shape index (κ2) is 6.06. The molecule has 0 aliphatic carbocycles. The Labute approximate surface area is 116 Å². The van der Waals surface area contributed by atoms with Gasteiger partial charge in [0.2, 0.25) is 0 Å². The van der Waals surface area contributed by atoms with Crippen molar-refractivity contribution in [2.45, 2.75) is 13.5 Å². The first kappa shape index (κ1) is 13.9. The Morgan fingerprint density at radius 2 is 1.90 bits per heavy atom. The molecule has 2 aromatic rings. The Morgan fingerprint density at radius 1 is 1.15 bits per heavy atom. The molecule has 5 nitrogen and oxygen atoms in total. The molecule has 0 amide bonds. The molecule has 0 aromatic heterocycles. The van der Waals surface area contributed by atoms with Gasteiger partial charge in [0.25, 0.3) is 5.69 Å². The van der Waals surface area contributed by atoms with Crippen LogP contribution in [0.2, 0.25) is 0 Å². The van der Waals surface area contributed by atoms with Gasteiger partial charge in [-0.1, -0.05) is 18.2 Å². The second-order valence-electron chi connectivity index (χ2n) is 4.31. The maximum absolute atomic E-state index is 10.8. The van der Waals surface area contributed by atoms with E-state index < -0.39 is 4.92 Å². The summed E-state index contributed by atoms with van der Waals surface area (Å²) in [5, 5.41) is 10.8. The van der Waals surface area contributed by atoms with Crippen molar-refractivity contribution in [3.8, 4) is 11.5 Å². The highest BCUT2D eigenvalue weighted by atomic mass is 16.6. The molecule has 0 aliphatic heterocycles. The van der Waals surface area contributed by atoms with Crippen molar-refractivity contribution in [2.75, 3.05) is 7.11 Å². The summed E-state index contributed by atoms with van der Waals surface area (Å²) in [6, 6.07) is 12.1. The SMILES string of the molecule is COc1ccc([N+](=O)[O-])cc1COc1ccccc1C. The standard InChI is InChI=1S/C15H15NO4/c1-11-5-3-4-6-14(11)20-10-12-9-13(16(17)18)7-8-15(12)19-2/h3-9H,10H2,1-2H3. The minimum Gasteiger partial charge on any atom is -0.496 e. The quantitative estimate of drug-likeness (QED) is 0.618. The number of ether oxygens (including phenoxy) is 2. The fourth-order valence-electron chi connectivity index (χ4n) is 1.87. The Kier molecular flexibility index (Phi) is 4.20. The highest BCUT2D eigenvalue weighted by Crippen LogP contribution is 2.26. The van der Waals surface area contributed by atoms with Gasteiger partial charge in [-0.3, -0.25) is 10.1 Å². The number of hydrogen-bond donors (Lipinski definition) is 0. The van der Waals surface area contributed by atoms with Crippen molar-refractivity contribution in [3.05, 3.63) is 63.7 Å². The molecular weight excluding hydrogens is 258 g/mol. The molecule has 2 aromatic carbocycles. The van der Waals surface area contributed by atoms with E-state index in [2.05, 4.69) is 0 Å². The summed E-state index contributed by atoms with van der Waals surface area (Å²) in [7, 11) is 1.53. The van der Waals surface area contributed by atoms with Crippen LogP contribution in [0.4, 0.5) is 5.69 Å². The molecule has 0 aliphatic rings. The van der Waals surface area contributed by atoms with Crippen LogP contribution in [0.15, 0.2) is 42.5 Å². The molecule has 0 radical (unpaired) electrons. The number of nitro groups is 1. The summed E-state index contributed by atoms with van der Waals surface area (Å²) in [6.45, 7) is 2.16. The number of aryl methyl sites for hydroxylation is 1. The third-order valence-corrected chi connectivity index (χ3v) is 2.95. The van der Waals surface area contributed by atoms with Crippen LogP contribution < -0.4 is 9.47 Å². The zero-order chi connectivity index (χ0) is 14.5. The third-order valence-electron chi connectivity index (χ3n) is 2.95. The lowest BCUT2D eigenvalue weighted by atomic mass is 10.2. The lowest BCUT2D eigenvalue weighted by Gasteiger charge is -2.11. The molecule has 0 spiro atoms. The molecule has 20 heavy (non-hydrogen) atoms. The van der Waals surface area contributed by atoms with Crippen LogP contribution in [0.25, 0.3) is 0 Å². The van der Waals surface area contributed by atoms with Gasteiger partial charge in [0.15, 0.2) is 0 Å². The number of nitrogens with zero attached hydrogens (tertiary/aromatic N) is 1. The Bertz CT molecular complexity index is 625. The van der Waals surface area contributed by atoms with E-state index in [1.807, 2.05) is 31.2 Å². The summed E-state index contributed by atoms with van der Waals surface area (Å²) in [5.41, 5.74) is 1.68. The van der Waals surface area contributed by atoms with Crippen molar-refractivity contribution in [3.63, 3.8) is 0 Å². The lowest BCUT2D eigenvalue weighted by molar-refractivity contribution is -0.385. The zero-order valence-corrected chi connectivity index (χ0v) is 11.3. The van der Waals surface area contributed by atoms with E-state index in [1.54, 1.807) is 6.07 Å². The van der Waals surface area contributed by atoms with Crippen molar-refractivity contribution in [1.82, 2.24) is 0 Å². The fraction of sp³-hybridized carbons (Fsp3) is 0.200. The normalized spacial score (nSPS) is 10.1. The van der Waals surface area contributed by atoms with E-state index >= 15 is 0 Å². The molecule has 0 saturated heterocycles. The number of benzene rings is 2. The summed E-state index contributed by atoms with van der Waals surface area (Å²) in [5.74, 6) is 1.32. The first-order valence-electron chi connectivity index (χ1n) is 6.11. The van der Waals surface area contributed by atoms with Crippen LogP contribution >= 0.6 is 0 Å². The summed E-state index contributed by atoms with van der Waals surface area (Å²) < 4.78 is 10.9. The van der Waals surface area contributed by atoms with Gasteiger partial charge >= 0.3 is 0 Å². The molecule has 0 bridgehead atoms. The highest BCUT2D eigenvalue weighted by molar-refractivity contribution is 5.44. The number of methoxy groups -OCH3 is 1. The Hall–Kier alpha value is -2.56. The average molecular weight is 273 g/mol. The molecule has 2 rings (SSSR count). The predicted molar refractivity (Wildman–Crippen MR) is 75.2 cm³/mol. The summed E-state index contributed by atoms with van der Waals surface area (Å²) >= 11 is 0. The topological polar surface area (TPSA) is 61.6 Å². The maximum Gasteiger partial charge on any atom is 0.270 e. The van der Waals surface area contributed by atoms with Gasteiger partial charge in [-0.2, -0.15) is 0 Å². The number of hydrogen-bond acceptors (Lipinski definition) is 4. The molecule has 0 atom stereocenters. The number of para-hydroxylation sites is 1. The van der Waals surface area contributed by atoms with E-state index in [0.29, 0.717) is 11.3 Å². The largest absolute Gasteiger partial charge is 0.496 e. The number of rotatable bonds is 5. The van der Waals surface area contributed by atoms with Gasteiger partial charge in [0.05, 0.1) is 12.0 Å². The molecule has 5 heteroatoms. The van der Waals surface area contributed by atoms with Crippen molar-refractivity contribution < 1.29 is 14.4 Å². The van der Waals surface area contributed by atoms with E-state index in [0.717, 1.165) is 11.3 Å². The van der Waals surface area contributed by atoms with E-state index in [9.17, 15) is 10.1 Å². The number of nitro benzene ring substituents is 1. The first-order chi connectivity index (χ1) is 9.61. The van der Waals surface area contributed by atoms with Crippen LogP contribution in [-0.4, -0.2) is 12.0 Å². The summed E-state index contributed by atoms with van der Waals surface area (Å²) in [4.78, 5) is 10.4. The molecule has 0 N–H and O–H groups in total. The molecule has 0 fully saturated rings. The highest BCUT2D eigenvalue weighted by Gasteiger charge is 2.12. The first-order valence-corrected chi connectivity index (χ1v) is 6.11. The van der Waals surface area contributed by atoms with Gasteiger partial charge in [0, 0.05) is 17.7 Å². The molecule has 0 heterocycles. The van der Waals surface area contributed by atoms with Crippen LogP contribution in [0.1, 0.15) is 11.1 Å². The van der Waals surface area contributed by atoms with E-state index in [1.165, 1.54) is 19.2 Å². The summed E-state index contributed by atoms with van der Waals surface area (Å²) in [6.07, 6.45) is 0. The Balaban J connectivity index is 2.22. The predicted octanol–water partition coefficient (Wildman–Crippen LogP) is 3.49. The van der Waals surface area contributed by atoms with Gasteiger partial charge in [-0.25, -0.2) is 0 Å². The average Bonchev–Trinajstić information content (AvgIpc) is 2.46. The van der Waals surface area contributed by atoms with Crippen LogP contribution in [0, 0.1) is 17.0 Å². The smallest absolute Gasteiger partial charge is 0.270 e. The Morgan fingerprint density at radius 3 is 2.55 bits per heavy atom. The van der Waals surface area contributed by atoms with Crippen molar-refractivity contribution in [1.29, 1.82) is 0 Å². The van der Waals surface area contributed by atoms with Crippen molar-refractivity contribution >= 4 is 5.69 Å². The molecular formula is C15H15NO4. The van der Waals surface area contributed by atoms with Crippen LogP contribution in [0.3, 0.4) is 0 Å². The minimum atomic E-state index is -0.434. The van der Waals surface area contributed by atoms with Gasteiger partial charge < -0.3 is 9.47 Å². The second-order valence-corrected chi connectivity index (χ2v) is 4.31. The monoisotopic (exact) mass is 273 g/mol. The number of non-ortho nitro benzene ring substituents is 1. The van der Waals surface area contributed by atoms with Crippen molar-refractivity contribution in [2.24, 2.45) is 0 Å². The van der Waals surface area contributed by atoms with E-state index in [4.69, 9.17) is 9.47 Å². The van der Waals surface area contributed by atoms with E-state index in [-0.39, 0.29) is 12.3 Å².